The number of hydrogen-bond acceptors (Lipinski definition) is 3. The van der Waals surface area contributed by atoms with Crippen LogP contribution in [0, 0.1) is 0 Å². The summed E-state index contributed by atoms with van der Waals surface area (Å²) in [5.74, 6) is -1.61. The maximum Gasteiger partial charge on any atom is 0.248 e. The topological polar surface area (TPSA) is 52.0 Å². The van der Waals surface area contributed by atoms with Crippen molar-refractivity contribution in [2.24, 2.45) is 0 Å². The smallest absolute Gasteiger partial charge is 0.248 e. The van der Waals surface area contributed by atoms with Crippen LogP contribution >= 0.6 is 0 Å². The van der Waals surface area contributed by atoms with Gasteiger partial charge in [-0.1, -0.05) is 35.5 Å². The van der Waals surface area contributed by atoms with Crippen LogP contribution in [0.15, 0.2) is 34.9 Å². The molecule has 2 aromatic rings. The largest absolute Gasteiger partial charge is 0.380 e. The van der Waals surface area contributed by atoms with Crippen LogP contribution < -0.4 is 5.73 Å². The van der Waals surface area contributed by atoms with Gasteiger partial charge in [0, 0.05) is 18.8 Å². The van der Waals surface area contributed by atoms with E-state index in [0.29, 0.717) is 24.4 Å². The first-order valence-corrected chi connectivity index (χ1v) is 6.75. The van der Waals surface area contributed by atoms with E-state index in [4.69, 9.17) is 10.3 Å². The predicted molar refractivity (Wildman–Crippen MR) is 72.5 cm³/mol. The van der Waals surface area contributed by atoms with Gasteiger partial charge < -0.3 is 10.3 Å². The molecule has 1 aromatic heterocycles. The number of nitrogens with two attached hydrogens (primary N) is 1. The van der Waals surface area contributed by atoms with Gasteiger partial charge in [-0.15, -0.1) is 0 Å². The molecule has 1 aliphatic rings. The molecule has 3 nitrogen and oxygen atoms in total. The summed E-state index contributed by atoms with van der Waals surface area (Å²) in [6.45, 7) is 0. The fraction of sp³-hybridized carbons (Fsp3) is 0.400. The highest BCUT2D eigenvalue weighted by atomic mass is 19.3. The number of anilines is 1. The highest BCUT2D eigenvalue weighted by Gasteiger charge is 2.38. The van der Waals surface area contributed by atoms with Crippen molar-refractivity contribution in [3.63, 3.8) is 0 Å². The van der Waals surface area contributed by atoms with Crippen LogP contribution in [0.2, 0.25) is 0 Å². The molecule has 3 rings (SSSR count). The van der Waals surface area contributed by atoms with E-state index in [-0.39, 0.29) is 18.8 Å². The van der Waals surface area contributed by atoms with Gasteiger partial charge in [-0.05, 0) is 18.4 Å². The van der Waals surface area contributed by atoms with Crippen molar-refractivity contribution in [1.29, 1.82) is 0 Å². The molecule has 0 amide bonds. The molecule has 1 fully saturated rings. The molecule has 106 valence electrons. The third-order valence-corrected chi connectivity index (χ3v) is 3.90. The number of benzene rings is 1. The van der Waals surface area contributed by atoms with Crippen molar-refractivity contribution in [2.45, 2.75) is 37.5 Å². The molecule has 0 atom stereocenters. The molecule has 1 saturated carbocycles. The number of aromatic nitrogens is 1. The Hall–Kier alpha value is -1.91. The molecule has 0 saturated heterocycles. The monoisotopic (exact) mass is 278 g/mol. The Labute approximate surface area is 115 Å². The van der Waals surface area contributed by atoms with Crippen molar-refractivity contribution in [1.82, 2.24) is 5.16 Å². The minimum absolute atomic E-state index is 0.0327. The summed E-state index contributed by atoms with van der Waals surface area (Å²) >= 11 is 0. The summed E-state index contributed by atoms with van der Waals surface area (Å²) in [5, 5.41) is 3.82. The van der Waals surface area contributed by atoms with Crippen LogP contribution in [0.3, 0.4) is 0 Å². The van der Waals surface area contributed by atoms with Crippen LogP contribution in [0.25, 0.3) is 11.1 Å². The van der Waals surface area contributed by atoms with E-state index in [1.165, 1.54) is 0 Å². The van der Waals surface area contributed by atoms with Gasteiger partial charge in [-0.25, -0.2) is 8.78 Å². The van der Waals surface area contributed by atoms with Gasteiger partial charge in [-0.3, -0.25) is 0 Å². The first-order valence-electron chi connectivity index (χ1n) is 6.75. The molecule has 1 aromatic carbocycles. The summed E-state index contributed by atoms with van der Waals surface area (Å²) in [6.07, 6.45) is 0.599. The van der Waals surface area contributed by atoms with E-state index in [2.05, 4.69) is 5.16 Å². The first kappa shape index (κ1) is 13.1. The Kier molecular flexibility index (Phi) is 3.20. The van der Waals surface area contributed by atoms with E-state index in [1.54, 1.807) is 0 Å². The zero-order chi connectivity index (χ0) is 14.2. The van der Waals surface area contributed by atoms with Gasteiger partial charge in [0.15, 0.2) is 5.82 Å². The van der Waals surface area contributed by atoms with Gasteiger partial charge in [0.2, 0.25) is 5.92 Å². The van der Waals surface area contributed by atoms with E-state index in [9.17, 15) is 8.78 Å². The molecule has 5 heteroatoms. The zero-order valence-electron chi connectivity index (χ0n) is 11.0. The SMILES string of the molecule is Nc1noc(C2CCC(F)(F)CC2)c1-c1ccccc1. The normalized spacial score (nSPS) is 19.1. The van der Waals surface area contributed by atoms with Crippen molar-refractivity contribution >= 4 is 5.82 Å². The van der Waals surface area contributed by atoms with E-state index in [0.717, 1.165) is 11.1 Å². The molecular weight excluding hydrogens is 262 g/mol. The van der Waals surface area contributed by atoms with Gasteiger partial charge in [0.1, 0.15) is 5.76 Å². The molecule has 1 heterocycles. The molecule has 1 aliphatic carbocycles. The van der Waals surface area contributed by atoms with Gasteiger partial charge in [0.05, 0.1) is 5.56 Å². The minimum atomic E-state index is -2.55. The molecule has 0 bridgehead atoms. The molecular formula is C15H16F2N2O. The lowest BCUT2D eigenvalue weighted by Gasteiger charge is -2.27. The second-order valence-corrected chi connectivity index (χ2v) is 5.30. The Balaban J connectivity index is 1.92. The second-order valence-electron chi connectivity index (χ2n) is 5.30. The lowest BCUT2D eigenvalue weighted by molar-refractivity contribution is -0.0398. The van der Waals surface area contributed by atoms with Crippen molar-refractivity contribution in [3.05, 3.63) is 36.1 Å². The van der Waals surface area contributed by atoms with Crippen LogP contribution in [0.4, 0.5) is 14.6 Å². The molecule has 0 aliphatic heterocycles. The number of halogens is 2. The van der Waals surface area contributed by atoms with Crippen LogP contribution in [0.1, 0.15) is 37.4 Å². The average Bonchev–Trinajstić information content (AvgIpc) is 2.82. The molecule has 0 radical (unpaired) electrons. The Bertz CT molecular complexity index is 585. The quantitative estimate of drug-likeness (QED) is 0.895. The number of rotatable bonds is 2. The fourth-order valence-electron chi connectivity index (χ4n) is 2.79. The zero-order valence-corrected chi connectivity index (χ0v) is 11.0. The van der Waals surface area contributed by atoms with E-state index >= 15 is 0 Å². The van der Waals surface area contributed by atoms with Gasteiger partial charge in [0.25, 0.3) is 0 Å². The minimum Gasteiger partial charge on any atom is -0.380 e. The third kappa shape index (κ3) is 2.40. The van der Waals surface area contributed by atoms with Crippen molar-refractivity contribution in [2.75, 3.05) is 5.73 Å². The summed E-state index contributed by atoms with van der Waals surface area (Å²) in [4.78, 5) is 0. The van der Waals surface area contributed by atoms with Crippen molar-refractivity contribution < 1.29 is 13.3 Å². The fourth-order valence-corrected chi connectivity index (χ4v) is 2.79. The number of alkyl halides is 2. The maximum absolute atomic E-state index is 13.3. The van der Waals surface area contributed by atoms with Crippen molar-refractivity contribution in [3.8, 4) is 11.1 Å². The standard InChI is InChI=1S/C15H16F2N2O/c16-15(17)8-6-11(7-9-15)13-12(14(18)19-20-13)10-4-2-1-3-5-10/h1-5,11H,6-9H2,(H2,18,19). The average molecular weight is 278 g/mol. The summed E-state index contributed by atoms with van der Waals surface area (Å²) in [6, 6.07) is 9.56. The Morgan fingerprint density at radius 2 is 1.80 bits per heavy atom. The van der Waals surface area contributed by atoms with Crippen LogP contribution in [-0.4, -0.2) is 11.1 Å². The number of hydrogen-bond donors (Lipinski definition) is 1. The molecule has 20 heavy (non-hydrogen) atoms. The summed E-state index contributed by atoms with van der Waals surface area (Å²) in [7, 11) is 0. The highest BCUT2D eigenvalue weighted by molar-refractivity contribution is 5.75. The maximum atomic E-state index is 13.3. The highest BCUT2D eigenvalue weighted by Crippen LogP contribution is 2.44. The second kappa shape index (κ2) is 4.89. The predicted octanol–water partition coefficient (Wildman–Crippen LogP) is 4.22. The molecule has 0 spiro atoms. The third-order valence-electron chi connectivity index (χ3n) is 3.90. The van der Waals surface area contributed by atoms with E-state index < -0.39 is 5.92 Å². The Morgan fingerprint density at radius 3 is 2.45 bits per heavy atom. The van der Waals surface area contributed by atoms with Crippen LogP contribution in [-0.2, 0) is 0 Å². The van der Waals surface area contributed by atoms with Gasteiger partial charge >= 0.3 is 0 Å². The van der Waals surface area contributed by atoms with E-state index in [1.807, 2.05) is 30.3 Å². The number of nitrogen functional groups attached to an aromatic ring is 1. The molecule has 2 N–H and O–H groups in total. The Morgan fingerprint density at radius 1 is 1.15 bits per heavy atom. The summed E-state index contributed by atoms with van der Waals surface area (Å²) < 4.78 is 31.8. The first-order chi connectivity index (χ1) is 9.57. The van der Waals surface area contributed by atoms with Gasteiger partial charge in [-0.2, -0.15) is 0 Å². The lowest BCUT2D eigenvalue weighted by atomic mass is 9.83. The summed E-state index contributed by atoms with van der Waals surface area (Å²) in [5.41, 5.74) is 7.55. The van der Waals surface area contributed by atoms with Crippen LogP contribution in [0.5, 0.6) is 0 Å². The molecule has 0 unspecified atom stereocenters. The lowest BCUT2D eigenvalue weighted by Crippen LogP contribution is -2.23. The number of nitrogens with zero attached hydrogens (tertiary/aromatic N) is 1.